The van der Waals surface area contributed by atoms with Gasteiger partial charge >= 0.3 is 0 Å². The van der Waals surface area contributed by atoms with Gasteiger partial charge in [-0.1, -0.05) is 12.5 Å². The van der Waals surface area contributed by atoms with E-state index in [2.05, 4.69) is 5.32 Å². The zero-order chi connectivity index (χ0) is 14.2. The molecule has 1 heterocycles. The van der Waals surface area contributed by atoms with Crippen molar-refractivity contribution in [3.63, 3.8) is 0 Å². The summed E-state index contributed by atoms with van der Waals surface area (Å²) >= 11 is 0. The fourth-order valence-corrected chi connectivity index (χ4v) is 2.41. The molecule has 1 aliphatic carbocycles. The summed E-state index contributed by atoms with van der Waals surface area (Å²) in [6.45, 7) is 2.09. The van der Waals surface area contributed by atoms with E-state index in [1.54, 1.807) is 25.1 Å². The molecular weight excluding hydrogens is 258 g/mol. The Balaban J connectivity index is 1.66. The van der Waals surface area contributed by atoms with Gasteiger partial charge in [0.25, 0.3) is 0 Å². The molecule has 2 aliphatic rings. The molecule has 20 heavy (non-hydrogen) atoms. The first-order chi connectivity index (χ1) is 9.56. The maximum Gasteiger partial charge on any atom is 0.231 e. The van der Waals surface area contributed by atoms with Crippen LogP contribution in [-0.2, 0) is 10.4 Å². The maximum atomic E-state index is 11.8. The Morgan fingerprint density at radius 1 is 1.40 bits per heavy atom. The molecule has 1 saturated carbocycles. The van der Waals surface area contributed by atoms with Crippen LogP contribution in [0.25, 0.3) is 0 Å². The molecular formula is C15H19NO4. The van der Waals surface area contributed by atoms with Gasteiger partial charge < -0.3 is 19.9 Å². The molecule has 1 atom stereocenters. The smallest absolute Gasteiger partial charge is 0.231 e. The number of rotatable bonds is 4. The van der Waals surface area contributed by atoms with Crippen LogP contribution in [0.1, 0.15) is 31.7 Å². The van der Waals surface area contributed by atoms with Gasteiger partial charge in [0.1, 0.15) is 5.60 Å². The fraction of sp³-hybridized carbons (Fsp3) is 0.533. The number of benzene rings is 1. The Hall–Kier alpha value is -1.75. The van der Waals surface area contributed by atoms with Gasteiger partial charge in [-0.15, -0.1) is 0 Å². The molecule has 1 fully saturated rings. The number of hydrogen-bond acceptors (Lipinski definition) is 4. The second-order valence-corrected chi connectivity index (χ2v) is 5.69. The van der Waals surface area contributed by atoms with Crippen molar-refractivity contribution in [3.8, 4) is 11.5 Å². The molecule has 5 nitrogen and oxygen atoms in total. The molecule has 3 rings (SSSR count). The molecule has 108 valence electrons. The average molecular weight is 277 g/mol. The van der Waals surface area contributed by atoms with E-state index in [1.807, 2.05) is 0 Å². The molecule has 0 radical (unpaired) electrons. The van der Waals surface area contributed by atoms with Gasteiger partial charge in [-0.3, -0.25) is 4.79 Å². The highest BCUT2D eigenvalue weighted by molar-refractivity contribution is 5.79. The maximum absolute atomic E-state index is 11.8. The Labute approximate surface area is 117 Å². The van der Waals surface area contributed by atoms with Crippen molar-refractivity contribution in [3.05, 3.63) is 23.8 Å². The zero-order valence-corrected chi connectivity index (χ0v) is 11.5. The van der Waals surface area contributed by atoms with Gasteiger partial charge in [0.05, 0.1) is 6.54 Å². The minimum atomic E-state index is -1.12. The molecule has 0 bridgehead atoms. The number of aliphatic hydroxyl groups is 1. The van der Waals surface area contributed by atoms with Crippen molar-refractivity contribution in [2.75, 3.05) is 13.3 Å². The summed E-state index contributed by atoms with van der Waals surface area (Å²) < 4.78 is 10.5. The molecule has 5 heteroatoms. The van der Waals surface area contributed by atoms with Crippen LogP contribution in [0.2, 0.25) is 0 Å². The molecule has 0 saturated heterocycles. The van der Waals surface area contributed by atoms with Crippen LogP contribution in [0.3, 0.4) is 0 Å². The summed E-state index contributed by atoms with van der Waals surface area (Å²) in [4.78, 5) is 11.8. The van der Waals surface area contributed by atoms with E-state index in [1.165, 1.54) is 0 Å². The van der Waals surface area contributed by atoms with Crippen molar-refractivity contribution in [2.24, 2.45) is 5.92 Å². The number of ether oxygens (including phenoxy) is 2. The minimum Gasteiger partial charge on any atom is -0.454 e. The summed E-state index contributed by atoms with van der Waals surface area (Å²) in [5.41, 5.74) is -0.420. The lowest BCUT2D eigenvalue weighted by atomic mass is 9.84. The van der Waals surface area contributed by atoms with Crippen LogP contribution in [0, 0.1) is 5.92 Å². The molecule has 1 aliphatic heterocycles. The minimum absolute atomic E-state index is 0.0391. The van der Waals surface area contributed by atoms with E-state index in [0.29, 0.717) is 17.1 Å². The van der Waals surface area contributed by atoms with Crippen molar-refractivity contribution in [1.29, 1.82) is 0 Å². The number of amides is 1. The second-order valence-electron chi connectivity index (χ2n) is 5.69. The summed E-state index contributed by atoms with van der Waals surface area (Å²) in [5, 5.41) is 13.4. The zero-order valence-electron chi connectivity index (χ0n) is 11.5. The van der Waals surface area contributed by atoms with Crippen LogP contribution >= 0.6 is 0 Å². The largest absolute Gasteiger partial charge is 0.454 e. The van der Waals surface area contributed by atoms with Crippen molar-refractivity contribution in [1.82, 2.24) is 5.32 Å². The standard InChI is InChI=1S/C15H19NO4/c1-15(18,8-16-14(17)10-3-2-4-10)11-5-6-12-13(7-11)20-9-19-12/h5-7,10,18H,2-4,8-9H2,1H3,(H,16,17). The number of carbonyl (C=O) groups is 1. The van der Waals surface area contributed by atoms with E-state index < -0.39 is 5.60 Å². The Morgan fingerprint density at radius 2 is 2.15 bits per heavy atom. The Morgan fingerprint density at radius 3 is 2.85 bits per heavy atom. The van der Waals surface area contributed by atoms with Crippen LogP contribution in [0.15, 0.2) is 18.2 Å². The third-order valence-electron chi connectivity index (χ3n) is 4.08. The van der Waals surface area contributed by atoms with E-state index in [-0.39, 0.29) is 25.2 Å². The van der Waals surface area contributed by atoms with Gasteiger partial charge in [0.15, 0.2) is 11.5 Å². The number of fused-ring (bicyclic) bond motifs is 1. The summed E-state index contributed by atoms with van der Waals surface area (Å²) in [5.74, 6) is 1.48. The third-order valence-corrected chi connectivity index (χ3v) is 4.08. The van der Waals surface area contributed by atoms with Gasteiger partial charge in [-0.05, 0) is 37.5 Å². The molecule has 1 aromatic carbocycles. The number of hydrogen-bond donors (Lipinski definition) is 2. The first-order valence-corrected chi connectivity index (χ1v) is 6.96. The van der Waals surface area contributed by atoms with Crippen LogP contribution < -0.4 is 14.8 Å². The molecule has 0 spiro atoms. The SMILES string of the molecule is CC(O)(CNC(=O)C1CCC1)c1ccc2c(c1)OCO2. The van der Waals surface area contributed by atoms with Crippen LogP contribution in [0.5, 0.6) is 11.5 Å². The lowest BCUT2D eigenvalue weighted by Crippen LogP contribution is -2.42. The average Bonchev–Trinajstić information content (AvgIpc) is 2.81. The summed E-state index contributed by atoms with van der Waals surface area (Å²) in [7, 11) is 0. The normalized spacial score (nSPS) is 20.1. The Bertz CT molecular complexity index is 523. The Kier molecular flexibility index (Phi) is 3.30. The molecule has 1 aromatic rings. The highest BCUT2D eigenvalue weighted by Crippen LogP contribution is 2.35. The highest BCUT2D eigenvalue weighted by atomic mass is 16.7. The fourth-order valence-electron chi connectivity index (χ4n) is 2.41. The lowest BCUT2D eigenvalue weighted by molar-refractivity contribution is -0.128. The van der Waals surface area contributed by atoms with Gasteiger partial charge in [-0.2, -0.15) is 0 Å². The first kappa shape index (κ1) is 13.2. The highest BCUT2D eigenvalue weighted by Gasteiger charge is 2.30. The first-order valence-electron chi connectivity index (χ1n) is 6.96. The quantitative estimate of drug-likeness (QED) is 0.876. The van der Waals surface area contributed by atoms with Gasteiger partial charge in [0.2, 0.25) is 12.7 Å². The van der Waals surface area contributed by atoms with E-state index in [4.69, 9.17) is 9.47 Å². The van der Waals surface area contributed by atoms with Gasteiger partial charge in [-0.25, -0.2) is 0 Å². The molecule has 1 unspecified atom stereocenters. The number of carbonyl (C=O) groups excluding carboxylic acids is 1. The van der Waals surface area contributed by atoms with Crippen molar-refractivity contribution < 1.29 is 19.4 Å². The lowest BCUT2D eigenvalue weighted by Gasteiger charge is -2.28. The predicted molar refractivity (Wildman–Crippen MR) is 72.5 cm³/mol. The predicted octanol–water partition coefficient (Wildman–Crippen LogP) is 1.54. The monoisotopic (exact) mass is 277 g/mol. The number of nitrogens with one attached hydrogen (secondary N) is 1. The van der Waals surface area contributed by atoms with E-state index in [0.717, 1.165) is 19.3 Å². The van der Waals surface area contributed by atoms with Crippen molar-refractivity contribution in [2.45, 2.75) is 31.8 Å². The summed E-state index contributed by atoms with van der Waals surface area (Å²) in [6, 6.07) is 5.33. The van der Waals surface area contributed by atoms with Gasteiger partial charge in [0, 0.05) is 5.92 Å². The van der Waals surface area contributed by atoms with Crippen LogP contribution in [-0.4, -0.2) is 24.4 Å². The molecule has 1 amide bonds. The molecule has 2 N–H and O–H groups in total. The van der Waals surface area contributed by atoms with Crippen LogP contribution in [0.4, 0.5) is 0 Å². The van der Waals surface area contributed by atoms with Crippen molar-refractivity contribution >= 4 is 5.91 Å². The second kappa shape index (κ2) is 4.98. The topological polar surface area (TPSA) is 67.8 Å². The summed E-state index contributed by atoms with van der Waals surface area (Å²) in [6.07, 6.45) is 3.03. The van der Waals surface area contributed by atoms with E-state index >= 15 is 0 Å². The molecule has 0 aromatic heterocycles. The third kappa shape index (κ3) is 2.45. The van der Waals surface area contributed by atoms with E-state index in [9.17, 15) is 9.90 Å².